The first-order valence-electron chi connectivity index (χ1n) is 6.89. The third-order valence-corrected chi connectivity index (χ3v) is 3.42. The number of carbonyl (C=O) groups is 2. The quantitative estimate of drug-likeness (QED) is 0.694. The van der Waals surface area contributed by atoms with Crippen molar-refractivity contribution >= 4 is 28.4 Å². The highest BCUT2D eigenvalue weighted by molar-refractivity contribution is 6.09. The number of rotatable bonds is 3. The molecule has 3 N–H and O–H groups in total. The van der Waals surface area contributed by atoms with Gasteiger partial charge in [0.2, 0.25) is 0 Å². The number of anilines is 1. The summed E-state index contributed by atoms with van der Waals surface area (Å²) in [4.78, 5) is 27.3. The summed E-state index contributed by atoms with van der Waals surface area (Å²) in [6.07, 6.45) is 0. The Hall–Kier alpha value is -3.08. The van der Waals surface area contributed by atoms with Crippen LogP contribution in [0, 0.1) is 0 Å². The second-order valence-electron chi connectivity index (χ2n) is 4.85. The Balaban J connectivity index is 1.90. The average molecular weight is 293 g/mol. The molecule has 2 aromatic carbocycles. The molecule has 5 heteroatoms. The van der Waals surface area contributed by atoms with Crippen LogP contribution in [0.3, 0.4) is 0 Å². The van der Waals surface area contributed by atoms with Gasteiger partial charge in [-0.2, -0.15) is 0 Å². The van der Waals surface area contributed by atoms with E-state index < -0.39 is 0 Å². The van der Waals surface area contributed by atoms with E-state index in [9.17, 15) is 9.59 Å². The minimum Gasteiger partial charge on any atom is -0.355 e. The fourth-order valence-electron chi connectivity index (χ4n) is 2.31. The highest BCUT2D eigenvalue weighted by Crippen LogP contribution is 2.18. The molecule has 0 aliphatic rings. The van der Waals surface area contributed by atoms with Gasteiger partial charge in [0.1, 0.15) is 5.69 Å². The Bertz CT molecular complexity index is 819. The zero-order chi connectivity index (χ0) is 15.5. The maximum atomic E-state index is 12.4. The lowest BCUT2D eigenvalue weighted by atomic mass is 10.1. The lowest BCUT2D eigenvalue weighted by molar-refractivity contribution is 0.0964. The Kier molecular flexibility index (Phi) is 3.62. The van der Waals surface area contributed by atoms with Crippen molar-refractivity contribution in [3.8, 4) is 0 Å². The summed E-state index contributed by atoms with van der Waals surface area (Å²) in [6, 6.07) is 16.3. The fraction of sp³-hybridized carbons (Fsp3) is 0.0588. The molecule has 22 heavy (non-hydrogen) atoms. The number of benzene rings is 2. The van der Waals surface area contributed by atoms with Crippen LogP contribution in [0.25, 0.3) is 10.9 Å². The van der Waals surface area contributed by atoms with E-state index in [1.807, 2.05) is 24.3 Å². The summed E-state index contributed by atoms with van der Waals surface area (Å²) in [5.74, 6) is -0.528. The third kappa shape index (κ3) is 2.56. The minimum atomic E-state index is -0.285. The number of aromatic nitrogens is 1. The van der Waals surface area contributed by atoms with Crippen molar-refractivity contribution in [3.05, 3.63) is 65.9 Å². The van der Waals surface area contributed by atoms with Gasteiger partial charge < -0.3 is 15.6 Å². The molecule has 0 unspecified atom stereocenters. The van der Waals surface area contributed by atoms with Crippen LogP contribution in [0.2, 0.25) is 0 Å². The Morgan fingerprint density at radius 3 is 2.45 bits per heavy atom. The highest BCUT2D eigenvalue weighted by Gasteiger charge is 2.14. The van der Waals surface area contributed by atoms with Gasteiger partial charge in [0, 0.05) is 18.0 Å². The molecule has 0 radical (unpaired) electrons. The summed E-state index contributed by atoms with van der Waals surface area (Å²) in [6.45, 7) is 0. The smallest absolute Gasteiger partial charge is 0.272 e. The maximum Gasteiger partial charge on any atom is 0.272 e. The monoisotopic (exact) mass is 293 g/mol. The van der Waals surface area contributed by atoms with Crippen molar-refractivity contribution in [3.63, 3.8) is 0 Å². The van der Waals surface area contributed by atoms with Crippen LogP contribution in [0.5, 0.6) is 0 Å². The molecule has 0 saturated heterocycles. The van der Waals surface area contributed by atoms with E-state index in [0.717, 1.165) is 10.9 Å². The Morgan fingerprint density at radius 1 is 0.955 bits per heavy atom. The van der Waals surface area contributed by atoms with Gasteiger partial charge in [-0.25, -0.2) is 0 Å². The van der Waals surface area contributed by atoms with Crippen molar-refractivity contribution in [1.29, 1.82) is 0 Å². The van der Waals surface area contributed by atoms with Gasteiger partial charge in [0.25, 0.3) is 11.8 Å². The summed E-state index contributed by atoms with van der Waals surface area (Å²) in [5, 5.41) is 6.30. The maximum absolute atomic E-state index is 12.4. The summed E-state index contributed by atoms with van der Waals surface area (Å²) < 4.78 is 0. The van der Waals surface area contributed by atoms with Crippen LogP contribution in [0.4, 0.5) is 5.69 Å². The number of carbonyl (C=O) groups excluding carboxylic acids is 2. The van der Waals surface area contributed by atoms with Crippen molar-refractivity contribution < 1.29 is 9.59 Å². The predicted molar refractivity (Wildman–Crippen MR) is 86.1 cm³/mol. The molecule has 3 aromatic rings. The number of aromatic amines is 1. The molecule has 0 bridgehead atoms. The zero-order valence-corrected chi connectivity index (χ0v) is 12.0. The number of hydrogen-bond donors (Lipinski definition) is 3. The largest absolute Gasteiger partial charge is 0.355 e. The summed E-state index contributed by atoms with van der Waals surface area (Å²) in [7, 11) is 1.55. The van der Waals surface area contributed by atoms with E-state index in [-0.39, 0.29) is 11.8 Å². The highest BCUT2D eigenvalue weighted by atomic mass is 16.2. The van der Waals surface area contributed by atoms with Crippen LogP contribution in [-0.2, 0) is 0 Å². The third-order valence-electron chi connectivity index (χ3n) is 3.42. The van der Waals surface area contributed by atoms with E-state index in [1.165, 1.54) is 0 Å². The summed E-state index contributed by atoms with van der Waals surface area (Å²) in [5.41, 5.74) is 2.25. The van der Waals surface area contributed by atoms with E-state index in [0.29, 0.717) is 16.9 Å². The molecule has 3 rings (SSSR count). The normalized spacial score (nSPS) is 10.4. The number of amides is 2. The molecule has 0 saturated carbocycles. The van der Waals surface area contributed by atoms with Gasteiger partial charge in [0.05, 0.1) is 11.3 Å². The first-order valence-corrected chi connectivity index (χ1v) is 6.89. The number of nitrogens with one attached hydrogen (secondary N) is 3. The molecule has 110 valence electrons. The first kappa shape index (κ1) is 13.9. The standard InChI is InChI=1S/C17H15N3O2/c1-18-16(21)12-7-3-5-9-14(12)20-17(22)15-10-11-6-2-4-8-13(11)19-15/h2-10,19H,1H3,(H,18,21)(H,20,22). The van der Waals surface area contributed by atoms with Gasteiger partial charge in [-0.1, -0.05) is 30.3 Å². The van der Waals surface area contributed by atoms with Gasteiger partial charge in [-0.3, -0.25) is 9.59 Å². The summed E-state index contributed by atoms with van der Waals surface area (Å²) >= 11 is 0. The van der Waals surface area contributed by atoms with Crippen LogP contribution in [0.1, 0.15) is 20.8 Å². The topological polar surface area (TPSA) is 74.0 Å². The van der Waals surface area contributed by atoms with Crippen LogP contribution in [-0.4, -0.2) is 23.8 Å². The van der Waals surface area contributed by atoms with E-state index in [2.05, 4.69) is 15.6 Å². The lowest BCUT2D eigenvalue weighted by Crippen LogP contribution is -2.21. The molecular formula is C17H15N3O2. The first-order chi connectivity index (χ1) is 10.7. The SMILES string of the molecule is CNC(=O)c1ccccc1NC(=O)c1cc2ccccc2[nH]1. The fourth-order valence-corrected chi connectivity index (χ4v) is 2.31. The van der Waals surface area contributed by atoms with Crippen LogP contribution < -0.4 is 10.6 Å². The Labute approximate surface area is 127 Å². The second kappa shape index (κ2) is 5.73. The predicted octanol–water partition coefficient (Wildman–Crippen LogP) is 2.78. The molecule has 0 atom stereocenters. The van der Waals surface area contributed by atoms with Crippen molar-refractivity contribution in [2.45, 2.75) is 0 Å². The molecule has 0 aliphatic carbocycles. The molecule has 1 aromatic heterocycles. The van der Waals surface area contributed by atoms with E-state index in [4.69, 9.17) is 0 Å². The molecule has 0 fully saturated rings. The van der Waals surface area contributed by atoms with Crippen LogP contribution >= 0.6 is 0 Å². The van der Waals surface area contributed by atoms with Gasteiger partial charge in [-0.15, -0.1) is 0 Å². The van der Waals surface area contributed by atoms with Gasteiger partial charge >= 0.3 is 0 Å². The number of fused-ring (bicyclic) bond motifs is 1. The van der Waals surface area contributed by atoms with Gasteiger partial charge in [0.15, 0.2) is 0 Å². The number of para-hydroxylation sites is 2. The molecule has 2 amide bonds. The van der Waals surface area contributed by atoms with Gasteiger partial charge in [-0.05, 0) is 24.3 Å². The number of H-pyrrole nitrogens is 1. The number of hydrogen-bond acceptors (Lipinski definition) is 2. The molecule has 5 nitrogen and oxygen atoms in total. The molecule has 0 spiro atoms. The van der Waals surface area contributed by atoms with E-state index >= 15 is 0 Å². The van der Waals surface area contributed by atoms with Crippen molar-refractivity contribution in [2.75, 3.05) is 12.4 Å². The van der Waals surface area contributed by atoms with E-state index in [1.54, 1.807) is 37.4 Å². The molecule has 1 heterocycles. The van der Waals surface area contributed by atoms with Crippen molar-refractivity contribution in [2.24, 2.45) is 0 Å². The van der Waals surface area contributed by atoms with Crippen molar-refractivity contribution in [1.82, 2.24) is 10.3 Å². The zero-order valence-electron chi connectivity index (χ0n) is 12.0. The molecular weight excluding hydrogens is 278 g/mol. The average Bonchev–Trinajstić information content (AvgIpc) is 2.99. The van der Waals surface area contributed by atoms with Crippen LogP contribution in [0.15, 0.2) is 54.6 Å². The lowest BCUT2D eigenvalue weighted by Gasteiger charge is -2.09. The minimum absolute atomic E-state index is 0.243. The molecule has 0 aliphatic heterocycles. The second-order valence-corrected chi connectivity index (χ2v) is 4.85. The Morgan fingerprint density at radius 2 is 1.68 bits per heavy atom.